The van der Waals surface area contributed by atoms with E-state index in [0.717, 1.165) is 44.6 Å². The molecule has 1 aliphatic rings. The summed E-state index contributed by atoms with van der Waals surface area (Å²) in [6.45, 7) is 6.45. The van der Waals surface area contributed by atoms with Gasteiger partial charge in [-0.15, -0.1) is 17.9 Å². The third kappa shape index (κ3) is 4.20. The largest absolute Gasteiger partial charge is 0.497 e. The fourth-order valence-electron chi connectivity index (χ4n) is 3.17. The van der Waals surface area contributed by atoms with E-state index in [0.29, 0.717) is 12.3 Å². The third-order valence-corrected chi connectivity index (χ3v) is 5.62. The molecule has 0 saturated carbocycles. The summed E-state index contributed by atoms with van der Waals surface area (Å²) in [5.41, 5.74) is 3.50. The van der Waals surface area contributed by atoms with Crippen molar-refractivity contribution >= 4 is 17.0 Å². The van der Waals surface area contributed by atoms with Crippen molar-refractivity contribution in [3.05, 3.63) is 64.8 Å². The van der Waals surface area contributed by atoms with Crippen molar-refractivity contribution in [2.24, 2.45) is 10.1 Å². The fraction of sp³-hybridized carbons (Fsp3) is 0.217. The van der Waals surface area contributed by atoms with Crippen LogP contribution in [-0.2, 0) is 0 Å². The molecule has 1 aromatic heterocycles. The van der Waals surface area contributed by atoms with E-state index in [4.69, 9.17) is 24.0 Å². The number of hydrogen-bond donors (Lipinski definition) is 0. The van der Waals surface area contributed by atoms with Crippen molar-refractivity contribution in [3.63, 3.8) is 0 Å². The lowest BCUT2D eigenvalue weighted by atomic mass is 10.1. The van der Waals surface area contributed by atoms with Crippen LogP contribution in [0, 0.1) is 0 Å². The molecule has 8 heteroatoms. The minimum Gasteiger partial charge on any atom is -0.497 e. The number of benzene rings is 2. The first kappa shape index (κ1) is 20.7. The van der Waals surface area contributed by atoms with Crippen LogP contribution in [0.25, 0.3) is 11.3 Å². The number of aromatic nitrogens is 1. The average Bonchev–Trinajstić information content (AvgIpc) is 3.43. The third-order valence-electron chi connectivity index (χ3n) is 4.77. The van der Waals surface area contributed by atoms with Gasteiger partial charge in [-0.05, 0) is 37.3 Å². The van der Waals surface area contributed by atoms with Crippen LogP contribution >= 0.6 is 11.3 Å². The van der Waals surface area contributed by atoms with Gasteiger partial charge in [0.2, 0.25) is 11.6 Å². The van der Waals surface area contributed by atoms with E-state index in [1.54, 1.807) is 20.3 Å². The molecule has 0 unspecified atom stereocenters. The first-order chi connectivity index (χ1) is 15.1. The van der Waals surface area contributed by atoms with E-state index < -0.39 is 0 Å². The summed E-state index contributed by atoms with van der Waals surface area (Å²) in [4.78, 5) is 5.37. The lowest BCUT2D eigenvalue weighted by Gasteiger charge is -2.11. The first-order valence-corrected chi connectivity index (χ1v) is 10.5. The molecule has 1 aliphatic heterocycles. The van der Waals surface area contributed by atoms with Crippen LogP contribution in [0.4, 0.5) is 0 Å². The molecule has 0 N–H and O–H groups in total. The van der Waals surface area contributed by atoms with Crippen LogP contribution in [0.3, 0.4) is 0 Å². The van der Waals surface area contributed by atoms with E-state index in [9.17, 15) is 0 Å². The van der Waals surface area contributed by atoms with Gasteiger partial charge in [-0.1, -0.05) is 6.08 Å². The van der Waals surface area contributed by atoms with Crippen molar-refractivity contribution in [2.75, 3.05) is 27.6 Å². The van der Waals surface area contributed by atoms with Crippen molar-refractivity contribution in [1.29, 1.82) is 0 Å². The number of thiazole rings is 1. The highest BCUT2D eigenvalue weighted by Gasteiger charge is 2.16. The molecule has 160 valence electrons. The Labute approximate surface area is 184 Å². The Kier molecular flexibility index (Phi) is 6.08. The maximum atomic E-state index is 5.61. The zero-order chi connectivity index (χ0) is 21.8. The Hall–Kier alpha value is -3.52. The minimum absolute atomic E-state index is 0.236. The SMILES string of the molecule is C=CCN=c1scc(-c2ccc(OC)cc2OC)n1N=C(C)c1ccc2c(c1)OCO2. The van der Waals surface area contributed by atoms with Crippen molar-refractivity contribution in [2.45, 2.75) is 6.92 Å². The normalized spacial score (nSPS) is 13.4. The molecule has 7 nitrogen and oxygen atoms in total. The van der Waals surface area contributed by atoms with Gasteiger partial charge in [-0.2, -0.15) is 5.10 Å². The van der Waals surface area contributed by atoms with Crippen LogP contribution in [0.5, 0.6) is 23.0 Å². The van der Waals surface area contributed by atoms with Gasteiger partial charge in [0.05, 0.1) is 32.2 Å². The molecule has 0 spiro atoms. The molecule has 0 atom stereocenters. The molecule has 0 amide bonds. The number of nitrogens with zero attached hydrogens (tertiary/aromatic N) is 3. The second kappa shape index (κ2) is 9.09. The molecule has 31 heavy (non-hydrogen) atoms. The van der Waals surface area contributed by atoms with E-state index in [1.165, 1.54) is 11.3 Å². The van der Waals surface area contributed by atoms with Gasteiger partial charge in [-0.25, -0.2) is 4.68 Å². The Bertz CT molecular complexity index is 1210. The second-order valence-electron chi connectivity index (χ2n) is 6.66. The molecule has 2 heterocycles. The molecule has 0 aliphatic carbocycles. The maximum Gasteiger partial charge on any atom is 0.231 e. The number of rotatable bonds is 7. The predicted octanol–water partition coefficient (Wildman–Crippen LogP) is 4.32. The van der Waals surface area contributed by atoms with E-state index in [1.807, 2.05) is 53.4 Å². The van der Waals surface area contributed by atoms with E-state index >= 15 is 0 Å². The van der Waals surface area contributed by atoms with Crippen LogP contribution in [-0.4, -0.2) is 37.9 Å². The molecule has 3 aromatic rings. The fourth-order valence-corrected chi connectivity index (χ4v) is 4.00. The highest BCUT2D eigenvalue weighted by Crippen LogP contribution is 2.34. The minimum atomic E-state index is 0.236. The first-order valence-electron chi connectivity index (χ1n) is 9.64. The number of hydrogen-bond acceptors (Lipinski definition) is 7. The van der Waals surface area contributed by atoms with Gasteiger partial charge in [0.25, 0.3) is 0 Å². The van der Waals surface area contributed by atoms with Crippen LogP contribution < -0.4 is 23.7 Å². The smallest absolute Gasteiger partial charge is 0.231 e. The van der Waals surface area contributed by atoms with E-state index in [-0.39, 0.29) is 6.79 Å². The number of methoxy groups -OCH3 is 2. The summed E-state index contributed by atoms with van der Waals surface area (Å²) >= 11 is 1.51. The highest BCUT2D eigenvalue weighted by molar-refractivity contribution is 7.07. The Morgan fingerprint density at radius 2 is 2.00 bits per heavy atom. The quantitative estimate of drug-likeness (QED) is 0.408. The van der Waals surface area contributed by atoms with Gasteiger partial charge in [-0.3, -0.25) is 4.99 Å². The summed E-state index contributed by atoms with van der Waals surface area (Å²) < 4.78 is 23.7. The zero-order valence-corrected chi connectivity index (χ0v) is 18.4. The standard InChI is InChI=1S/C23H23N3O4S/c1-5-10-24-23-26(25-15(2)16-6-9-20-22(11-16)30-14-29-20)19(13-31-23)18-8-7-17(27-3)12-21(18)28-4/h5-9,11-13H,1,10,14H2,2-4H3. The van der Waals surface area contributed by atoms with Gasteiger partial charge < -0.3 is 18.9 Å². The molecule has 0 saturated heterocycles. The summed E-state index contributed by atoms with van der Waals surface area (Å²) in [5, 5.41) is 6.91. The Morgan fingerprint density at radius 3 is 2.77 bits per heavy atom. The lowest BCUT2D eigenvalue weighted by Crippen LogP contribution is -2.14. The average molecular weight is 438 g/mol. The number of ether oxygens (including phenoxy) is 4. The monoisotopic (exact) mass is 437 g/mol. The zero-order valence-electron chi connectivity index (χ0n) is 17.6. The van der Waals surface area contributed by atoms with Crippen molar-refractivity contribution < 1.29 is 18.9 Å². The summed E-state index contributed by atoms with van der Waals surface area (Å²) in [5.74, 6) is 2.87. The summed E-state index contributed by atoms with van der Waals surface area (Å²) in [6, 6.07) is 11.5. The molecule has 0 radical (unpaired) electrons. The van der Waals surface area contributed by atoms with Crippen molar-refractivity contribution in [3.8, 4) is 34.3 Å². The van der Waals surface area contributed by atoms with Gasteiger partial charge in [0, 0.05) is 22.6 Å². The molecule has 0 bridgehead atoms. The van der Waals surface area contributed by atoms with Gasteiger partial charge in [0.1, 0.15) is 11.5 Å². The van der Waals surface area contributed by atoms with Crippen LogP contribution in [0.15, 0.2) is 64.5 Å². The highest BCUT2D eigenvalue weighted by atomic mass is 32.1. The Morgan fingerprint density at radius 1 is 1.16 bits per heavy atom. The molecule has 4 rings (SSSR count). The van der Waals surface area contributed by atoms with Gasteiger partial charge >= 0.3 is 0 Å². The van der Waals surface area contributed by atoms with Crippen LogP contribution in [0.2, 0.25) is 0 Å². The van der Waals surface area contributed by atoms with E-state index in [2.05, 4.69) is 11.6 Å². The van der Waals surface area contributed by atoms with Gasteiger partial charge in [0.15, 0.2) is 11.5 Å². The summed E-state index contributed by atoms with van der Waals surface area (Å²) in [6.07, 6.45) is 1.76. The molecular weight excluding hydrogens is 414 g/mol. The maximum absolute atomic E-state index is 5.61. The van der Waals surface area contributed by atoms with Crippen molar-refractivity contribution in [1.82, 2.24) is 4.68 Å². The molecule has 2 aromatic carbocycles. The molecule has 0 fully saturated rings. The number of fused-ring (bicyclic) bond motifs is 1. The second-order valence-corrected chi connectivity index (χ2v) is 7.50. The molecular formula is C23H23N3O4S. The Balaban J connectivity index is 1.84. The topological polar surface area (TPSA) is 66.6 Å². The van der Waals surface area contributed by atoms with Crippen LogP contribution in [0.1, 0.15) is 12.5 Å². The summed E-state index contributed by atoms with van der Waals surface area (Å²) in [7, 11) is 3.27. The lowest BCUT2D eigenvalue weighted by molar-refractivity contribution is 0.174. The predicted molar refractivity (Wildman–Crippen MR) is 122 cm³/mol.